The average Bonchev–Trinajstić information content (AvgIpc) is 3.25. The Labute approximate surface area is 198 Å². The summed E-state index contributed by atoms with van der Waals surface area (Å²) in [4.78, 5) is 17.5. The van der Waals surface area contributed by atoms with Gasteiger partial charge in [0, 0.05) is 31.2 Å². The van der Waals surface area contributed by atoms with Crippen molar-refractivity contribution in [3.05, 3.63) is 0 Å². The number of thioether (sulfide) groups is 1. The molecule has 0 aliphatic carbocycles. The largest absolute Gasteiger partial charge is 0.451 e. The van der Waals surface area contributed by atoms with Gasteiger partial charge in [-0.25, -0.2) is 9.57 Å². The van der Waals surface area contributed by atoms with Crippen LogP contribution in [0.2, 0.25) is 0 Å². The fourth-order valence-corrected chi connectivity index (χ4v) is 6.50. The van der Waals surface area contributed by atoms with Gasteiger partial charge in [-0.1, -0.05) is 6.92 Å². The number of alkyl halides is 4. The maximum atomic E-state index is 14.0. The molecule has 2 saturated heterocycles. The maximum absolute atomic E-state index is 14.0. The molecule has 5 atom stereocenters. The van der Waals surface area contributed by atoms with E-state index in [-0.39, 0.29) is 34.3 Å². The van der Waals surface area contributed by atoms with Crippen LogP contribution in [0, 0.1) is 0 Å². The first-order chi connectivity index (χ1) is 14.9. The maximum Gasteiger partial charge on any atom is 0.451 e. The minimum Gasteiger partial charge on any atom is -0.351 e. The summed E-state index contributed by atoms with van der Waals surface area (Å²) in [6, 6.07) is -2.34. The van der Waals surface area contributed by atoms with Crippen molar-refractivity contribution in [3.8, 4) is 0 Å². The molecule has 3 aliphatic heterocycles. The normalized spacial score (nSPS) is 31.6. The van der Waals surface area contributed by atoms with E-state index in [4.69, 9.17) is 16.6 Å². The smallest absolute Gasteiger partial charge is 0.351 e. The van der Waals surface area contributed by atoms with Gasteiger partial charge in [-0.15, -0.1) is 23.4 Å². The Kier molecular flexibility index (Phi) is 8.11. The van der Waals surface area contributed by atoms with E-state index in [1.54, 1.807) is 4.58 Å². The molecule has 3 rings (SSSR count). The predicted octanol–water partition coefficient (Wildman–Crippen LogP) is 4.82. The lowest BCUT2D eigenvalue weighted by atomic mass is 9.96. The number of carbonyl (C=O) groups excluding carboxylic acids is 1. The van der Waals surface area contributed by atoms with Crippen LogP contribution in [0.1, 0.15) is 79.1 Å². The molecule has 182 valence electrons. The standard InChI is InChI=1S/C22H34ClF3N4OS/c1-5-7-13-8-6-9-15-14(12-17(30(13)15)22(24,25)26)27-20(29-21(2,3)4)28-19(31)16-10-11-18(23)32-16/h14-18H,5-12H2,1-4H3,(H-,27,28,29,31)/p+1. The van der Waals surface area contributed by atoms with Gasteiger partial charge in [0.25, 0.3) is 0 Å². The molecule has 0 aromatic rings. The number of hydrogen-bond donors (Lipinski definition) is 2. The van der Waals surface area contributed by atoms with E-state index in [9.17, 15) is 18.0 Å². The molecule has 2 N–H and O–H groups in total. The Morgan fingerprint density at radius 3 is 2.53 bits per heavy atom. The van der Waals surface area contributed by atoms with E-state index in [1.165, 1.54) is 11.8 Å². The van der Waals surface area contributed by atoms with Crippen LogP contribution in [0.15, 0.2) is 4.99 Å². The van der Waals surface area contributed by atoms with Gasteiger partial charge in [0.1, 0.15) is 6.04 Å². The van der Waals surface area contributed by atoms with Gasteiger partial charge in [-0.2, -0.15) is 13.2 Å². The molecular weight excluding hydrogens is 461 g/mol. The first kappa shape index (κ1) is 25.7. The third kappa shape index (κ3) is 6.33. The fraction of sp³-hybridized carbons (Fsp3) is 0.864. The number of amides is 1. The van der Waals surface area contributed by atoms with Crippen molar-refractivity contribution >= 4 is 40.9 Å². The lowest BCUT2D eigenvalue weighted by Gasteiger charge is -2.26. The molecular formula is C22H35ClF3N4OS+. The topological polar surface area (TPSA) is 56.5 Å². The molecule has 32 heavy (non-hydrogen) atoms. The monoisotopic (exact) mass is 495 g/mol. The summed E-state index contributed by atoms with van der Waals surface area (Å²) in [6.07, 6.45) is 0.811. The molecule has 5 unspecified atom stereocenters. The van der Waals surface area contributed by atoms with Crippen LogP contribution < -0.4 is 10.6 Å². The van der Waals surface area contributed by atoms with E-state index in [0.717, 1.165) is 31.4 Å². The molecule has 10 heteroatoms. The second-order valence-electron chi connectivity index (χ2n) is 10.00. The van der Waals surface area contributed by atoms with E-state index in [2.05, 4.69) is 10.6 Å². The quantitative estimate of drug-likeness (QED) is 0.254. The van der Waals surface area contributed by atoms with Gasteiger partial charge in [-0.05, 0) is 46.5 Å². The molecule has 3 aliphatic rings. The minimum absolute atomic E-state index is 0.0888. The van der Waals surface area contributed by atoms with Crippen LogP contribution >= 0.6 is 23.4 Å². The van der Waals surface area contributed by atoms with E-state index < -0.39 is 23.8 Å². The second-order valence-corrected chi connectivity index (χ2v) is 12.2. The Hall–Kier alpha value is -0.960. The Morgan fingerprint density at radius 2 is 1.97 bits per heavy atom. The van der Waals surface area contributed by atoms with Gasteiger partial charge in [-0.3, -0.25) is 10.1 Å². The van der Waals surface area contributed by atoms with E-state index in [0.29, 0.717) is 19.3 Å². The molecule has 0 radical (unpaired) electrons. The summed E-state index contributed by atoms with van der Waals surface area (Å²) in [5.74, 6) is 0.0641. The van der Waals surface area contributed by atoms with Crippen molar-refractivity contribution < 1.29 is 22.5 Å². The molecule has 0 bridgehead atoms. The predicted molar refractivity (Wildman–Crippen MR) is 125 cm³/mol. The van der Waals surface area contributed by atoms with Gasteiger partial charge >= 0.3 is 6.18 Å². The number of halogens is 4. The van der Waals surface area contributed by atoms with Crippen molar-refractivity contribution in [2.75, 3.05) is 0 Å². The van der Waals surface area contributed by atoms with Crippen molar-refractivity contribution in [2.24, 2.45) is 4.99 Å². The second kappa shape index (κ2) is 10.1. The number of rotatable bonds is 4. The number of carbonyl (C=O) groups is 1. The number of nitrogens with one attached hydrogen (secondary N) is 2. The van der Waals surface area contributed by atoms with Crippen molar-refractivity contribution in [2.45, 2.75) is 119 Å². The Bertz CT molecular complexity index is 765. The number of fused-ring (bicyclic) bond motifs is 1. The third-order valence-electron chi connectivity index (χ3n) is 6.14. The first-order valence-electron chi connectivity index (χ1n) is 11.5. The van der Waals surface area contributed by atoms with E-state index in [1.807, 2.05) is 27.7 Å². The van der Waals surface area contributed by atoms with Crippen LogP contribution in [-0.4, -0.2) is 62.0 Å². The summed E-state index contributed by atoms with van der Waals surface area (Å²) >= 11 is 7.54. The van der Waals surface area contributed by atoms with Gasteiger partial charge in [0.2, 0.25) is 11.9 Å². The molecule has 5 nitrogen and oxygen atoms in total. The molecule has 3 heterocycles. The molecule has 2 fully saturated rings. The zero-order chi connectivity index (χ0) is 23.7. The number of guanidine groups is 1. The van der Waals surface area contributed by atoms with Crippen LogP contribution in [0.4, 0.5) is 13.2 Å². The molecule has 1 amide bonds. The summed E-state index contributed by atoms with van der Waals surface area (Å²) in [5, 5.41) is 5.79. The molecule has 0 aromatic heterocycles. The highest BCUT2D eigenvalue weighted by Crippen LogP contribution is 2.39. The van der Waals surface area contributed by atoms with Crippen molar-refractivity contribution in [1.82, 2.24) is 10.6 Å². The zero-order valence-electron chi connectivity index (χ0n) is 19.3. The van der Waals surface area contributed by atoms with Gasteiger partial charge in [0.05, 0.1) is 9.96 Å². The van der Waals surface area contributed by atoms with Crippen LogP contribution in [0.5, 0.6) is 0 Å². The fourth-order valence-electron chi connectivity index (χ4n) is 4.92. The number of aliphatic imine (C=N–C) groups is 1. The summed E-state index contributed by atoms with van der Waals surface area (Å²) in [6.45, 7) is 7.79. The van der Waals surface area contributed by atoms with E-state index >= 15 is 0 Å². The molecule has 0 saturated carbocycles. The van der Waals surface area contributed by atoms with Crippen LogP contribution in [0.3, 0.4) is 0 Å². The SMILES string of the molecule is CCCC1=[N+]2C(CCC1)C(N=C(NC(=O)C1CCC(Cl)S1)NC(C)(C)C)CC2C(F)(F)F. The van der Waals surface area contributed by atoms with Gasteiger partial charge < -0.3 is 5.32 Å². The first-order valence-corrected chi connectivity index (χ1v) is 12.9. The lowest BCUT2D eigenvalue weighted by molar-refractivity contribution is -0.614. The average molecular weight is 496 g/mol. The van der Waals surface area contributed by atoms with Crippen LogP contribution in [-0.2, 0) is 4.79 Å². The van der Waals surface area contributed by atoms with Crippen LogP contribution in [0.25, 0.3) is 0 Å². The highest BCUT2D eigenvalue weighted by molar-refractivity contribution is 8.02. The van der Waals surface area contributed by atoms with Gasteiger partial charge in [0.15, 0.2) is 17.7 Å². The number of hydrogen-bond acceptors (Lipinski definition) is 3. The minimum atomic E-state index is -4.31. The number of nitrogens with zero attached hydrogens (tertiary/aromatic N) is 2. The van der Waals surface area contributed by atoms with Crippen molar-refractivity contribution in [3.63, 3.8) is 0 Å². The summed E-state index contributed by atoms with van der Waals surface area (Å²) in [7, 11) is 0. The highest BCUT2D eigenvalue weighted by Gasteiger charge is 2.60. The Balaban J connectivity index is 1.89. The highest BCUT2D eigenvalue weighted by atomic mass is 35.5. The summed E-state index contributed by atoms with van der Waals surface area (Å²) < 4.78 is 43.4. The summed E-state index contributed by atoms with van der Waals surface area (Å²) in [5.41, 5.74) is 0.492. The Morgan fingerprint density at radius 1 is 1.25 bits per heavy atom. The molecule has 0 spiro atoms. The lowest BCUT2D eigenvalue weighted by Crippen LogP contribution is -2.52. The molecule has 0 aromatic carbocycles. The zero-order valence-corrected chi connectivity index (χ0v) is 20.8. The van der Waals surface area contributed by atoms with Crippen molar-refractivity contribution in [1.29, 1.82) is 0 Å². The third-order valence-corrected chi connectivity index (χ3v) is 7.98.